The molecule has 0 saturated heterocycles. The first-order valence-corrected chi connectivity index (χ1v) is 9.44. The van der Waals surface area contributed by atoms with Gasteiger partial charge in [-0.05, 0) is 39.7 Å². The molecule has 30 heavy (non-hydrogen) atoms. The van der Waals surface area contributed by atoms with E-state index in [4.69, 9.17) is 4.74 Å². The van der Waals surface area contributed by atoms with Gasteiger partial charge in [-0.3, -0.25) is 0 Å². The Bertz CT molecular complexity index is 1050. The lowest BCUT2D eigenvalue weighted by molar-refractivity contribution is -0.137. The molecule has 6 nitrogen and oxygen atoms in total. The minimum Gasteiger partial charge on any atom is -0.465 e. The molecular weight excluding hydrogens is 465 g/mol. The normalized spacial score (nSPS) is 11.1. The third-order valence-electron chi connectivity index (χ3n) is 4.02. The van der Waals surface area contributed by atoms with Crippen LogP contribution in [0.2, 0.25) is 0 Å². The number of methoxy groups -OCH3 is 1. The van der Waals surface area contributed by atoms with Crippen LogP contribution in [0.3, 0.4) is 0 Å². The molecule has 2 aromatic carbocycles. The number of hydrogen-bond acceptors (Lipinski definition) is 6. The molecule has 0 atom stereocenters. The van der Waals surface area contributed by atoms with Crippen LogP contribution in [-0.4, -0.2) is 23.0 Å². The lowest BCUT2D eigenvalue weighted by atomic mass is 10.2. The van der Waals surface area contributed by atoms with Crippen LogP contribution in [0.25, 0.3) is 0 Å². The number of alkyl halides is 3. The molecule has 0 spiro atoms. The number of anilines is 3. The fourth-order valence-electron chi connectivity index (χ4n) is 2.56. The summed E-state index contributed by atoms with van der Waals surface area (Å²) in [7, 11) is 1.25. The monoisotopic (exact) mass is 480 g/mol. The van der Waals surface area contributed by atoms with Gasteiger partial charge in [-0.15, -0.1) is 0 Å². The fraction of sp³-hybridized carbons (Fsp3) is 0.150. The van der Waals surface area contributed by atoms with E-state index in [1.54, 1.807) is 36.4 Å². The number of halogens is 4. The van der Waals surface area contributed by atoms with Gasteiger partial charge in [0.05, 0.1) is 12.7 Å². The molecule has 1 heterocycles. The maximum atomic E-state index is 13.4. The van der Waals surface area contributed by atoms with E-state index in [0.717, 1.165) is 5.56 Å². The second-order valence-corrected chi connectivity index (χ2v) is 6.96. The highest BCUT2D eigenvalue weighted by molar-refractivity contribution is 9.10. The summed E-state index contributed by atoms with van der Waals surface area (Å²) in [5.41, 5.74) is 0.480. The third kappa shape index (κ3) is 5.26. The Morgan fingerprint density at radius 3 is 2.57 bits per heavy atom. The highest BCUT2D eigenvalue weighted by atomic mass is 79.9. The van der Waals surface area contributed by atoms with Gasteiger partial charge in [-0.2, -0.15) is 18.2 Å². The zero-order chi connectivity index (χ0) is 21.7. The average molecular weight is 481 g/mol. The van der Waals surface area contributed by atoms with E-state index in [1.165, 1.54) is 13.2 Å². The summed E-state index contributed by atoms with van der Waals surface area (Å²) in [6.07, 6.45) is -3.91. The molecule has 1 aromatic heterocycles. The van der Waals surface area contributed by atoms with Crippen LogP contribution < -0.4 is 10.6 Å². The second-order valence-electron chi connectivity index (χ2n) is 6.10. The van der Waals surface area contributed by atoms with Crippen LogP contribution in [0.15, 0.2) is 59.2 Å². The van der Waals surface area contributed by atoms with E-state index in [0.29, 0.717) is 16.4 Å². The summed E-state index contributed by atoms with van der Waals surface area (Å²) in [6, 6.07) is 13.7. The highest BCUT2D eigenvalue weighted by Crippen LogP contribution is 2.34. The number of nitrogens with one attached hydrogen (secondary N) is 2. The zero-order valence-electron chi connectivity index (χ0n) is 15.6. The van der Waals surface area contributed by atoms with Crippen molar-refractivity contribution in [3.8, 4) is 0 Å². The Morgan fingerprint density at radius 2 is 1.90 bits per heavy atom. The molecule has 3 aromatic rings. The Kier molecular flexibility index (Phi) is 6.56. The molecule has 0 saturated carbocycles. The van der Waals surface area contributed by atoms with Gasteiger partial charge >= 0.3 is 12.1 Å². The first-order valence-electron chi connectivity index (χ1n) is 8.65. The molecule has 0 bridgehead atoms. The number of ether oxygens (including phenoxy) is 1. The number of carbonyl (C=O) groups excluding carboxylic acids is 1. The molecule has 156 valence electrons. The molecular formula is C20H16BrF3N4O2. The lowest BCUT2D eigenvalue weighted by Crippen LogP contribution is -2.14. The summed E-state index contributed by atoms with van der Waals surface area (Å²) < 4.78 is 45.3. The first-order chi connectivity index (χ1) is 14.3. The van der Waals surface area contributed by atoms with Gasteiger partial charge in [0.2, 0.25) is 5.95 Å². The van der Waals surface area contributed by atoms with Crippen molar-refractivity contribution in [2.45, 2.75) is 12.7 Å². The van der Waals surface area contributed by atoms with E-state index < -0.39 is 17.7 Å². The van der Waals surface area contributed by atoms with Crippen molar-refractivity contribution in [1.82, 2.24) is 9.97 Å². The molecule has 10 heteroatoms. The summed E-state index contributed by atoms with van der Waals surface area (Å²) in [4.78, 5) is 19.6. The van der Waals surface area contributed by atoms with Gasteiger partial charge in [0, 0.05) is 22.9 Å². The summed E-state index contributed by atoms with van der Waals surface area (Å²) in [5, 5.41) is 5.53. The van der Waals surface area contributed by atoms with Crippen LogP contribution >= 0.6 is 15.9 Å². The van der Waals surface area contributed by atoms with Crippen LogP contribution in [0.4, 0.5) is 30.6 Å². The minimum atomic E-state index is -4.62. The van der Waals surface area contributed by atoms with Crippen molar-refractivity contribution in [2.75, 3.05) is 17.7 Å². The van der Waals surface area contributed by atoms with Gasteiger partial charge in [0.1, 0.15) is 11.4 Å². The molecule has 0 radical (unpaired) electrons. The lowest BCUT2D eigenvalue weighted by Gasteiger charge is -2.15. The maximum absolute atomic E-state index is 13.4. The van der Waals surface area contributed by atoms with E-state index in [1.807, 2.05) is 6.07 Å². The number of benzene rings is 2. The van der Waals surface area contributed by atoms with Crippen LogP contribution in [0.1, 0.15) is 21.5 Å². The molecule has 0 aliphatic heterocycles. The number of nitrogens with zero attached hydrogens (tertiary/aromatic N) is 2. The van der Waals surface area contributed by atoms with Crippen molar-refractivity contribution in [3.63, 3.8) is 0 Å². The maximum Gasteiger partial charge on any atom is 0.421 e. The van der Waals surface area contributed by atoms with Gasteiger partial charge in [-0.1, -0.05) is 30.3 Å². The van der Waals surface area contributed by atoms with Crippen LogP contribution in [0.5, 0.6) is 0 Å². The van der Waals surface area contributed by atoms with E-state index >= 15 is 0 Å². The Hall–Kier alpha value is -3.14. The van der Waals surface area contributed by atoms with Crippen molar-refractivity contribution in [3.05, 3.63) is 75.9 Å². The molecule has 0 aliphatic rings. The Morgan fingerprint density at radius 1 is 1.17 bits per heavy atom. The van der Waals surface area contributed by atoms with Crippen LogP contribution in [-0.2, 0) is 17.5 Å². The number of esters is 1. The quantitative estimate of drug-likeness (QED) is 0.460. The second kappa shape index (κ2) is 9.12. The van der Waals surface area contributed by atoms with E-state index in [-0.39, 0.29) is 23.9 Å². The Labute approximate surface area is 178 Å². The highest BCUT2D eigenvalue weighted by Gasteiger charge is 2.35. The molecule has 0 fully saturated rings. The number of rotatable bonds is 6. The van der Waals surface area contributed by atoms with Crippen molar-refractivity contribution < 1.29 is 22.7 Å². The third-order valence-corrected chi connectivity index (χ3v) is 4.72. The smallest absolute Gasteiger partial charge is 0.421 e. The van der Waals surface area contributed by atoms with E-state index in [2.05, 4.69) is 36.5 Å². The molecule has 0 unspecified atom stereocenters. The minimum absolute atomic E-state index is 0.0586. The largest absolute Gasteiger partial charge is 0.465 e. The predicted molar refractivity (Wildman–Crippen MR) is 110 cm³/mol. The van der Waals surface area contributed by atoms with E-state index in [9.17, 15) is 18.0 Å². The molecule has 3 rings (SSSR count). The number of hydrogen-bond donors (Lipinski definition) is 2. The van der Waals surface area contributed by atoms with Crippen molar-refractivity contribution >= 4 is 39.4 Å². The molecule has 0 aliphatic carbocycles. The number of aromatic nitrogens is 2. The molecule has 2 N–H and O–H groups in total. The van der Waals surface area contributed by atoms with Gasteiger partial charge in [0.15, 0.2) is 0 Å². The summed E-state index contributed by atoms with van der Waals surface area (Å²) in [6.45, 7) is 0.158. The first kappa shape index (κ1) is 21.6. The number of carbonyl (C=O) groups is 1. The molecule has 0 amide bonds. The SMILES string of the molecule is COC(=O)c1cc(Nc2ncc(C(F)(F)F)c(NCc3ccccc3)n2)ccc1Br. The predicted octanol–water partition coefficient (Wildman–Crippen LogP) is 5.40. The van der Waals surface area contributed by atoms with Crippen molar-refractivity contribution in [1.29, 1.82) is 0 Å². The average Bonchev–Trinajstić information content (AvgIpc) is 2.73. The summed E-state index contributed by atoms with van der Waals surface area (Å²) >= 11 is 3.25. The van der Waals surface area contributed by atoms with Gasteiger partial charge < -0.3 is 15.4 Å². The van der Waals surface area contributed by atoms with Gasteiger partial charge in [0.25, 0.3) is 0 Å². The van der Waals surface area contributed by atoms with Crippen LogP contribution in [0, 0.1) is 0 Å². The van der Waals surface area contributed by atoms with Crippen molar-refractivity contribution in [2.24, 2.45) is 0 Å². The zero-order valence-corrected chi connectivity index (χ0v) is 17.2. The Balaban J connectivity index is 1.88. The summed E-state index contributed by atoms with van der Waals surface area (Å²) in [5.74, 6) is -0.977. The standard InChI is InChI=1S/C20H16BrF3N4O2/c1-30-18(29)14-9-13(7-8-16(14)21)27-19-26-11-15(20(22,23)24)17(28-19)25-10-12-5-3-2-4-6-12/h2-9,11H,10H2,1H3,(H2,25,26,27,28). The topological polar surface area (TPSA) is 76.1 Å². The fourth-order valence-corrected chi connectivity index (χ4v) is 2.97. The van der Waals surface area contributed by atoms with Gasteiger partial charge in [-0.25, -0.2) is 9.78 Å².